The van der Waals surface area contributed by atoms with Gasteiger partial charge in [-0.1, -0.05) is 35.3 Å². The topological polar surface area (TPSA) is 41.6 Å². The molecule has 0 aromatic heterocycles. The third-order valence-electron chi connectivity index (χ3n) is 5.99. The molecule has 154 valence electrons. The molecule has 2 fully saturated rings. The summed E-state index contributed by atoms with van der Waals surface area (Å²) in [6.45, 7) is 3.49. The molecule has 1 saturated heterocycles. The fourth-order valence-electron chi connectivity index (χ4n) is 3.99. The molecule has 1 aliphatic heterocycles. The van der Waals surface area contributed by atoms with Crippen LogP contribution in [0.3, 0.4) is 0 Å². The fraction of sp³-hybridized carbons (Fsp3) is 0.435. The SMILES string of the molecule is O=C(NC1CCN(CCOc2ccc(Cl)cc2)CC1)C1(c2ccc(Cl)cc2)CC1. The van der Waals surface area contributed by atoms with Crippen LogP contribution in [0.25, 0.3) is 0 Å². The summed E-state index contributed by atoms with van der Waals surface area (Å²) in [7, 11) is 0. The predicted octanol–water partition coefficient (Wildman–Crippen LogP) is 4.68. The van der Waals surface area contributed by atoms with E-state index in [1.807, 2.05) is 48.5 Å². The molecular formula is C23H26Cl2N2O2. The van der Waals surface area contributed by atoms with Crippen LogP contribution in [-0.4, -0.2) is 43.1 Å². The molecule has 2 aliphatic rings. The Morgan fingerprint density at radius 2 is 1.59 bits per heavy atom. The summed E-state index contributed by atoms with van der Waals surface area (Å²) in [5.74, 6) is 1.01. The minimum atomic E-state index is -0.339. The van der Waals surface area contributed by atoms with Crippen LogP contribution < -0.4 is 10.1 Å². The molecule has 0 bridgehead atoms. The van der Waals surface area contributed by atoms with Gasteiger partial charge in [0.1, 0.15) is 12.4 Å². The summed E-state index contributed by atoms with van der Waals surface area (Å²) in [4.78, 5) is 15.3. The third-order valence-corrected chi connectivity index (χ3v) is 6.50. The monoisotopic (exact) mass is 432 g/mol. The van der Waals surface area contributed by atoms with E-state index in [4.69, 9.17) is 27.9 Å². The van der Waals surface area contributed by atoms with Gasteiger partial charge in [-0.3, -0.25) is 9.69 Å². The molecule has 0 radical (unpaired) electrons. The largest absolute Gasteiger partial charge is 0.492 e. The highest BCUT2D eigenvalue weighted by Crippen LogP contribution is 2.48. The first-order valence-corrected chi connectivity index (χ1v) is 11.0. The van der Waals surface area contributed by atoms with Crippen LogP contribution in [0.2, 0.25) is 10.0 Å². The van der Waals surface area contributed by atoms with Crippen LogP contribution in [0.1, 0.15) is 31.2 Å². The maximum absolute atomic E-state index is 12.9. The van der Waals surface area contributed by atoms with Crippen LogP contribution in [0.4, 0.5) is 0 Å². The molecule has 6 heteroatoms. The van der Waals surface area contributed by atoms with Gasteiger partial charge < -0.3 is 10.1 Å². The number of likely N-dealkylation sites (tertiary alicyclic amines) is 1. The predicted molar refractivity (Wildman–Crippen MR) is 117 cm³/mol. The molecule has 29 heavy (non-hydrogen) atoms. The molecule has 1 heterocycles. The second-order valence-electron chi connectivity index (χ2n) is 7.98. The number of ether oxygens (including phenoxy) is 1. The van der Waals surface area contributed by atoms with Crippen LogP contribution in [0, 0.1) is 0 Å². The van der Waals surface area contributed by atoms with Crippen molar-refractivity contribution in [1.82, 2.24) is 10.2 Å². The summed E-state index contributed by atoms with van der Waals surface area (Å²) >= 11 is 11.9. The Hall–Kier alpha value is -1.75. The second kappa shape index (κ2) is 8.95. The Balaban J connectivity index is 1.20. The highest BCUT2D eigenvalue weighted by molar-refractivity contribution is 6.30. The number of hydrogen-bond donors (Lipinski definition) is 1. The minimum absolute atomic E-state index is 0.171. The first-order chi connectivity index (χ1) is 14.0. The van der Waals surface area contributed by atoms with Gasteiger partial charge in [-0.2, -0.15) is 0 Å². The van der Waals surface area contributed by atoms with E-state index >= 15 is 0 Å². The average molecular weight is 433 g/mol. The van der Waals surface area contributed by atoms with Gasteiger partial charge in [-0.25, -0.2) is 0 Å². The zero-order valence-electron chi connectivity index (χ0n) is 16.4. The van der Waals surface area contributed by atoms with Crippen molar-refractivity contribution in [3.8, 4) is 5.75 Å². The highest BCUT2D eigenvalue weighted by Gasteiger charge is 2.51. The van der Waals surface area contributed by atoms with Crippen molar-refractivity contribution < 1.29 is 9.53 Å². The summed E-state index contributed by atoms with van der Waals surface area (Å²) < 4.78 is 5.79. The van der Waals surface area contributed by atoms with Crippen LogP contribution in [0.5, 0.6) is 5.75 Å². The summed E-state index contributed by atoms with van der Waals surface area (Å²) in [6.07, 6.45) is 3.79. The fourth-order valence-corrected chi connectivity index (χ4v) is 4.24. The smallest absolute Gasteiger partial charge is 0.230 e. The van der Waals surface area contributed by atoms with Gasteiger partial charge in [0.05, 0.1) is 5.41 Å². The zero-order chi connectivity index (χ0) is 20.3. The Labute approximate surface area is 182 Å². The van der Waals surface area contributed by atoms with Crippen molar-refractivity contribution in [2.75, 3.05) is 26.2 Å². The van der Waals surface area contributed by atoms with Crippen LogP contribution in [-0.2, 0) is 10.2 Å². The third kappa shape index (κ3) is 5.06. The lowest BCUT2D eigenvalue weighted by Crippen LogP contribution is -2.48. The number of benzene rings is 2. The van der Waals surface area contributed by atoms with E-state index in [2.05, 4.69) is 10.2 Å². The summed E-state index contributed by atoms with van der Waals surface area (Å²) in [6, 6.07) is 15.4. The van der Waals surface area contributed by atoms with Crippen LogP contribution >= 0.6 is 23.2 Å². The van der Waals surface area contributed by atoms with Crippen molar-refractivity contribution in [1.29, 1.82) is 0 Å². The molecular weight excluding hydrogens is 407 g/mol. The van der Waals surface area contributed by atoms with Gasteiger partial charge in [-0.15, -0.1) is 0 Å². The Morgan fingerprint density at radius 3 is 2.17 bits per heavy atom. The molecule has 1 aliphatic carbocycles. The second-order valence-corrected chi connectivity index (χ2v) is 8.85. The normalized spacial score (nSPS) is 19.0. The van der Waals surface area contributed by atoms with Crippen molar-refractivity contribution in [2.45, 2.75) is 37.1 Å². The standard InChI is InChI=1S/C23H26Cl2N2O2/c24-18-3-1-17(2-4-18)23(11-12-23)22(28)26-20-9-13-27(14-10-20)15-16-29-21-7-5-19(25)6-8-21/h1-8,20H,9-16H2,(H,26,28). The van der Waals surface area contributed by atoms with Gasteiger partial charge >= 0.3 is 0 Å². The molecule has 0 unspecified atom stereocenters. The Morgan fingerprint density at radius 1 is 1.00 bits per heavy atom. The number of hydrogen-bond acceptors (Lipinski definition) is 3. The van der Waals surface area contributed by atoms with E-state index in [-0.39, 0.29) is 17.4 Å². The number of nitrogens with one attached hydrogen (secondary N) is 1. The molecule has 4 rings (SSSR count). The van der Waals surface area contributed by atoms with E-state index < -0.39 is 0 Å². The number of piperidine rings is 1. The molecule has 1 saturated carbocycles. The summed E-state index contributed by atoms with van der Waals surface area (Å²) in [5, 5.41) is 4.72. The number of halogens is 2. The maximum atomic E-state index is 12.9. The zero-order valence-corrected chi connectivity index (χ0v) is 17.9. The lowest BCUT2D eigenvalue weighted by Gasteiger charge is -2.33. The molecule has 1 amide bonds. The van der Waals surface area contributed by atoms with Crippen molar-refractivity contribution in [3.05, 3.63) is 64.1 Å². The Bertz CT molecular complexity index is 827. The van der Waals surface area contributed by atoms with Crippen molar-refractivity contribution >= 4 is 29.1 Å². The number of rotatable bonds is 7. The van der Waals surface area contributed by atoms with E-state index in [1.54, 1.807) is 0 Å². The van der Waals surface area contributed by atoms with Crippen molar-refractivity contribution in [2.24, 2.45) is 0 Å². The first kappa shape index (κ1) is 20.5. The number of carbonyl (C=O) groups excluding carboxylic acids is 1. The molecule has 0 spiro atoms. The van der Waals surface area contributed by atoms with Crippen LogP contribution in [0.15, 0.2) is 48.5 Å². The lowest BCUT2D eigenvalue weighted by molar-refractivity contribution is -0.124. The van der Waals surface area contributed by atoms with Gasteiger partial charge in [0.15, 0.2) is 0 Å². The molecule has 1 N–H and O–H groups in total. The van der Waals surface area contributed by atoms with Gasteiger partial charge in [0, 0.05) is 35.7 Å². The molecule has 4 nitrogen and oxygen atoms in total. The highest BCUT2D eigenvalue weighted by atomic mass is 35.5. The maximum Gasteiger partial charge on any atom is 0.230 e. The van der Waals surface area contributed by atoms with E-state index in [0.717, 1.165) is 56.6 Å². The average Bonchev–Trinajstić information content (AvgIpc) is 3.53. The van der Waals surface area contributed by atoms with E-state index in [0.29, 0.717) is 16.7 Å². The Kier molecular flexibility index (Phi) is 6.33. The number of nitrogens with zero attached hydrogens (tertiary/aromatic N) is 1. The lowest BCUT2D eigenvalue weighted by atomic mass is 9.94. The number of carbonyl (C=O) groups is 1. The van der Waals surface area contributed by atoms with E-state index in [9.17, 15) is 4.79 Å². The first-order valence-electron chi connectivity index (χ1n) is 10.2. The quantitative estimate of drug-likeness (QED) is 0.689. The minimum Gasteiger partial charge on any atom is -0.492 e. The summed E-state index contributed by atoms with van der Waals surface area (Å²) in [5.41, 5.74) is 0.741. The van der Waals surface area contributed by atoms with Gasteiger partial charge in [-0.05, 0) is 67.6 Å². The van der Waals surface area contributed by atoms with Gasteiger partial charge in [0.25, 0.3) is 0 Å². The number of amides is 1. The molecule has 2 aromatic rings. The molecule has 2 aromatic carbocycles. The van der Waals surface area contributed by atoms with E-state index in [1.165, 1.54) is 0 Å². The van der Waals surface area contributed by atoms with Crippen molar-refractivity contribution in [3.63, 3.8) is 0 Å². The molecule has 0 atom stereocenters. The van der Waals surface area contributed by atoms with Gasteiger partial charge in [0.2, 0.25) is 5.91 Å².